The van der Waals surface area contributed by atoms with Crippen LogP contribution < -0.4 is 0 Å². The second kappa shape index (κ2) is 8.67. The lowest BCUT2D eigenvalue weighted by Crippen LogP contribution is -2.35. The monoisotopic (exact) mass is 448 g/mol. The third-order valence-corrected chi connectivity index (χ3v) is 6.18. The van der Waals surface area contributed by atoms with Gasteiger partial charge in [-0.2, -0.15) is 0 Å². The minimum Gasteiger partial charge on any atom is -0.462 e. The standard InChI is InChI=1S/C25H24N2O4S/c1-15(2)31-23(28)14-26-24(29)22(32-25(26)30)13-20-11-16(3)27(17(20)4)21-10-9-18-7-5-6-8-19(18)12-21/h5-13,15H,14H2,1-4H3/b22-13+. The van der Waals surface area contributed by atoms with Gasteiger partial charge in [-0.05, 0) is 80.1 Å². The average molecular weight is 449 g/mol. The number of carbonyl (C=O) groups is 3. The lowest BCUT2D eigenvalue weighted by atomic mass is 10.1. The Morgan fingerprint density at radius 1 is 1.06 bits per heavy atom. The Balaban J connectivity index is 1.63. The number of amides is 2. The van der Waals surface area contributed by atoms with Crippen LogP contribution in [0.1, 0.15) is 30.8 Å². The van der Waals surface area contributed by atoms with Gasteiger partial charge in [0.15, 0.2) is 0 Å². The van der Waals surface area contributed by atoms with Crippen LogP contribution in [0.2, 0.25) is 0 Å². The quantitative estimate of drug-likeness (QED) is 0.395. The van der Waals surface area contributed by atoms with Crippen LogP contribution in [-0.2, 0) is 14.3 Å². The van der Waals surface area contributed by atoms with Crippen LogP contribution in [0, 0.1) is 13.8 Å². The zero-order valence-corrected chi connectivity index (χ0v) is 19.2. The van der Waals surface area contributed by atoms with E-state index in [2.05, 4.69) is 34.9 Å². The van der Waals surface area contributed by atoms with Crippen molar-refractivity contribution in [2.75, 3.05) is 6.54 Å². The number of hydrogen-bond acceptors (Lipinski definition) is 5. The molecule has 2 aromatic carbocycles. The number of ether oxygens (including phenoxy) is 1. The van der Waals surface area contributed by atoms with Gasteiger partial charge in [-0.15, -0.1) is 0 Å². The van der Waals surface area contributed by atoms with E-state index in [0.717, 1.165) is 44.7 Å². The number of carbonyl (C=O) groups excluding carboxylic acids is 3. The summed E-state index contributed by atoms with van der Waals surface area (Å²) in [7, 11) is 0. The molecule has 1 aliphatic rings. The van der Waals surface area contributed by atoms with Gasteiger partial charge in [0.05, 0.1) is 11.0 Å². The molecule has 0 bridgehead atoms. The molecule has 4 rings (SSSR count). The summed E-state index contributed by atoms with van der Waals surface area (Å²) < 4.78 is 7.19. The number of benzene rings is 2. The zero-order valence-electron chi connectivity index (χ0n) is 18.4. The maximum Gasteiger partial charge on any atom is 0.326 e. The molecule has 0 spiro atoms. The van der Waals surface area contributed by atoms with E-state index in [1.54, 1.807) is 19.9 Å². The second-order valence-electron chi connectivity index (χ2n) is 8.00. The van der Waals surface area contributed by atoms with Crippen molar-refractivity contribution in [2.24, 2.45) is 0 Å². The van der Waals surface area contributed by atoms with Gasteiger partial charge in [0, 0.05) is 17.1 Å². The van der Waals surface area contributed by atoms with Gasteiger partial charge in [0.25, 0.3) is 11.1 Å². The largest absolute Gasteiger partial charge is 0.462 e. The maximum absolute atomic E-state index is 12.8. The van der Waals surface area contributed by atoms with Gasteiger partial charge in [-0.1, -0.05) is 30.3 Å². The fourth-order valence-corrected chi connectivity index (χ4v) is 4.68. The molecule has 6 nitrogen and oxygen atoms in total. The molecule has 0 aliphatic carbocycles. The topological polar surface area (TPSA) is 68.6 Å². The summed E-state index contributed by atoms with van der Waals surface area (Å²) >= 11 is 0.841. The van der Waals surface area contributed by atoms with Crippen LogP contribution in [0.4, 0.5) is 4.79 Å². The van der Waals surface area contributed by atoms with Crippen LogP contribution in [0.3, 0.4) is 0 Å². The molecular weight excluding hydrogens is 424 g/mol. The Morgan fingerprint density at radius 2 is 1.78 bits per heavy atom. The number of nitrogens with zero attached hydrogens (tertiary/aromatic N) is 2. The lowest BCUT2D eigenvalue weighted by Gasteiger charge is -2.13. The van der Waals surface area contributed by atoms with E-state index in [1.165, 1.54) is 5.39 Å². The Morgan fingerprint density at radius 3 is 2.50 bits per heavy atom. The first-order valence-corrected chi connectivity index (χ1v) is 11.2. The van der Waals surface area contributed by atoms with Crippen molar-refractivity contribution >= 4 is 45.7 Å². The Hall–Kier alpha value is -3.32. The summed E-state index contributed by atoms with van der Waals surface area (Å²) in [5.41, 5.74) is 3.86. The van der Waals surface area contributed by atoms with Crippen LogP contribution in [-0.4, -0.2) is 39.2 Å². The summed E-state index contributed by atoms with van der Waals surface area (Å²) in [6.07, 6.45) is 1.41. The molecule has 164 valence electrons. The second-order valence-corrected chi connectivity index (χ2v) is 8.99. The number of fused-ring (bicyclic) bond motifs is 1. The molecule has 0 saturated carbocycles. The SMILES string of the molecule is Cc1cc(/C=C2/SC(=O)N(CC(=O)OC(C)C)C2=O)c(C)n1-c1ccc2ccccc2c1. The normalized spacial score (nSPS) is 15.4. The van der Waals surface area contributed by atoms with Crippen molar-refractivity contribution in [3.8, 4) is 5.69 Å². The van der Waals surface area contributed by atoms with Crippen LogP contribution in [0.25, 0.3) is 22.5 Å². The van der Waals surface area contributed by atoms with Gasteiger partial charge < -0.3 is 9.30 Å². The summed E-state index contributed by atoms with van der Waals surface area (Å²) in [6.45, 7) is 7.05. The highest BCUT2D eigenvalue weighted by atomic mass is 32.2. The summed E-state index contributed by atoms with van der Waals surface area (Å²) in [5.74, 6) is -1.07. The molecule has 0 atom stereocenters. The maximum atomic E-state index is 12.8. The molecule has 0 N–H and O–H groups in total. The zero-order chi connectivity index (χ0) is 23.0. The first-order chi connectivity index (χ1) is 15.2. The first-order valence-electron chi connectivity index (χ1n) is 10.4. The predicted molar refractivity (Wildman–Crippen MR) is 127 cm³/mol. The molecule has 0 radical (unpaired) electrons. The summed E-state index contributed by atoms with van der Waals surface area (Å²) in [6, 6.07) is 16.5. The van der Waals surface area contributed by atoms with Crippen molar-refractivity contribution in [3.63, 3.8) is 0 Å². The van der Waals surface area contributed by atoms with Gasteiger partial charge in [0.2, 0.25) is 0 Å². The fourth-order valence-electron chi connectivity index (χ4n) is 3.85. The number of aryl methyl sites for hydroxylation is 1. The molecule has 3 aromatic rings. The van der Waals surface area contributed by atoms with E-state index in [1.807, 2.05) is 32.0 Å². The smallest absolute Gasteiger partial charge is 0.326 e. The van der Waals surface area contributed by atoms with Crippen LogP contribution >= 0.6 is 11.8 Å². The predicted octanol–water partition coefficient (Wildman–Crippen LogP) is 5.24. The van der Waals surface area contributed by atoms with Crippen molar-refractivity contribution in [1.29, 1.82) is 0 Å². The minimum absolute atomic E-state index is 0.297. The van der Waals surface area contributed by atoms with Crippen LogP contribution in [0.5, 0.6) is 0 Å². The van der Waals surface area contributed by atoms with Gasteiger partial charge in [0.1, 0.15) is 6.54 Å². The molecule has 1 aliphatic heterocycles. The van der Waals surface area contributed by atoms with Gasteiger partial charge in [-0.25, -0.2) is 0 Å². The van der Waals surface area contributed by atoms with E-state index in [4.69, 9.17) is 4.74 Å². The van der Waals surface area contributed by atoms with Gasteiger partial charge >= 0.3 is 5.97 Å². The van der Waals surface area contributed by atoms with Crippen molar-refractivity contribution in [2.45, 2.75) is 33.8 Å². The van der Waals surface area contributed by atoms with E-state index in [9.17, 15) is 14.4 Å². The van der Waals surface area contributed by atoms with Crippen molar-refractivity contribution < 1.29 is 19.1 Å². The number of imide groups is 1. The molecular formula is C25H24N2O4S. The highest BCUT2D eigenvalue weighted by Crippen LogP contribution is 2.34. The van der Waals surface area contributed by atoms with Crippen LogP contribution in [0.15, 0.2) is 53.4 Å². The Kier molecular flexibility index (Phi) is 5.93. The van der Waals surface area contributed by atoms with E-state index in [-0.39, 0.29) is 12.6 Å². The average Bonchev–Trinajstić information content (AvgIpc) is 3.16. The number of rotatable bonds is 5. The number of aromatic nitrogens is 1. The molecule has 2 amide bonds. The van der Waals surface area contributed by atoms with E-state index < -0.39 is 17.1 Å². The fraction of sp³-hybridized carbons (Fsp3) is 0.240. The molecule has 1 aromatic heterocycles. The minimum atomic E-state index is -0.599. The number of thioether (sulfide) groups is 1. The molecule has 7 heteroatoms. The van der Waals surface area contributed by atoms with Gasteiger partial charge in [-0.3, -0.25) is 19.3 Å². The Bertz CT molecular complexity index is 1270. The molecule has 1 fully saturated rings. The third kappa shape index (κ3) is 4.21. The summed E-state index contributed by atoms with van der Waals surface area (Å²) in [5, 5.41) is 1.85. The number of esters is 1. The highest BCUT2D eigenvalue weighted by molar-refractivity contribution is 8.18. The third-order valence-electron chi connectivity index (χ3n) is 5.28. The number of hydrogen-bond donors (Lipinski definition) is 0. The first kappa shape index (κ1) is 21.9. The molecule has 2 heterocycles. The Labute approximate surface area is 190 Å². The van der Waals surface area contributed by atoms with E-state index >= 15 is 0 Å². The lowest BCUT2D eigenvalue weighted by molar-refractivity contribution is -0.149. The molecule has 32 heavy (non-hydrogen) atoms. The van der Waals surface area contributed by atoms with Crippen molar-refractivity contribution in [1.82, 2.24) is 9.47 Å². The molecule has 0 unspecified atom stereocenters. The van der Waals surface area contributed by atoms with Crippen molar-refractivity contribution in [3.05, 3.63) is 70.4 Å². The van der Waals surface area contributed by atoms with E-state index in [0.29, 0.717) is 4.91 Å². The highest BCUT2D eigenvalue weighted by Gasteiger charge is 2.37. The molecule has 1 saturated heterocycles. The summed E-state index contributed by atoms with van der Waals surface area (Å²) in [4.78, 5) is 38.2.